The van der Waals surface area contributed by atoms with Crippen LogP contribution >= 0.6 is 0 Å². The van der Waals surface area contributed by atoms with Crippen LogP contribution in [0.2, 0.25) is 0 Å². The van der Waals surface area contributed by atoms with Crippen LogP contribution in [0.25, 0.3) is 10.9 Å². The molecule has 0 N–H and O–H groups in total. The molecule has 1 heterocycles. The molecule has 2 heteroatoms. The summed E-state index contributed by atoms with van der Waals surface area (Å²) in [6.45, 7) is 0.507. The molecule has 0 saturated heterocycles. The lowest BCUT2D eigenvalue weighted by atomic mass is 9.85. The van der Waals surface area contributed by atoms with E-state index >= 15 is 0 Å². The molecule has 4 rings (SSSR count). The van der Waals surface area contributed by atoms with E-state index in [0.29, 0.717) is 6.61 Å². The van der Waals surface area contributed by atoms with Crippen molar-refractivity contribution in [3.63, 3.8) is 0 Å². The van der Waals surface area contributed by atoms with Gasteiger partial charge in [0.2, 0.25) is 0 Å². The highest BCUT2D eigenvalue weighted by atomic mass is 16.5. The van der Waals surface area contributed by atoms with Crippen molar-refractivity contribution < 1.29 is 4.74 Å². The van der Waals surface area contributed by atoms with Gasteiger partial charge < -0.3 is 4.74 Å². The van der Waals surface area contributed by atoms with Crippen molar-refractivity contribution in [2.45, 2.75) is 45.1 Å². The van der Waals surface area contributed by atoms with Gasteiger partial charge in [-0.15, -0.1) is 0 Å². The fraction of sp³-hybridized carbons (Fsp3) is 0.348. The molecule has 1 fully saturated rings. The molecule has 2 aromatic carbocycles. The molecule has 0 radical (unpaired) electrons. The summed E-state index contributed by atoms with van der Waals surface area (Å²) in [5, 5.41) is 1.17. The number of rotatable bonds is 5. The van der Waals surface area contributed by atoms with E-state index in [0.717, 1.165) is 22.9 Å². The van der Waals surface area contributed by atoms with Crippen molar-refractivity contribution >= 4 is 10.9 Å². The molecule has 0 aliphatic heterocycles. The first-order valence-electron chi connectivity index (χ1n) is 9.43. The molecule has 2 nitrogen and oxygen atoms in total. The highest BCUT2D eigenvalue weighted by Crippen LogP contribution is 2.27. The molecule has 1 aliphatic carbocycles. The van der Waals surface area contributed by atoms with Gasteiger partial charge in [-0.1, -0.05) is 68.5 Å². The standard InChI is InChI=1S/C23H25NO/c1-2-6-18(7-3-1)16-19-10-14-22(15-11-19)25-17-21-13-12-20-8-4-5-9-23(20)24-21/h4-5,8-15,18H,1-3,6-7,16-17H2. The number of ether oxygens (including phenoxy) is 1. The summed E-state index contributed by atoms with van der Waals surface area (Å²) < 4.78 is 5.92. The van der Waals surface area contributed by atoms with Crippen molar-refractivity contribution in [2.75, 3.05) is 0 Å². The minimum Gasteiger partial charge on any atom is -0.487 e. The molecular weight excluding hydrogens is 306 g/mol. The maximum atomic E-state index is 5.92. The van der Waals surface area contributed by atoms with E-state index in [4.69, 9.17) is 4.74 Å². The third kappa shape index (κ3) is 4.19. The Balaban J connectivity index is 1.35. The van der Waals surface area contributed by atoms with Crippen LogP contribution in [-0.2, 0) is 13.0 Å². The number of hydrogen-bond donors (Lipinski definition) is 0. The molecule has 0 spiro atoms. The molecule has 1 aliphatic rings. The minimum absolute atomic E-state index is 0.507. The number of hydrogen-bond acceptors (Lipinski definition) is 2. The number of pyridine rings is 1. The lowest BCUT2D eigenvalue weighted by molar-refractivity contribution is 0.301. The molecule has 0 bridgehead atoms. The zero-order valence-electron chi connectivity index (χ0n) is 14.7. The first kappa shape index (κ1) is 16.1. The predicted octanol–water partition coefficient (Wildman–Crippen LogP) is 5.94. The lowest BCUT2D eigenvalue weighted by Crippen LogP contribution is -2.09. The van der Waals surface area contributed by atoms with Gasteiger partial charge in [-0.2, -0.15) is 0 Å². The second-order valence-corrected chi connectivity index (χ2v) is 7.14. The molecule has 0 atom stereocenters. The number of benzene rings is 2. The van der Waals surface area contributed by atoms with Gasteiger partial charge in [0.05, 0.1) is 11.2 Å². The van der Waals surface area contributed by atoms with Crippen LogP contribution in [0.15, 0.2) is 60.7 Å². The monoisotopic (exact) mass is 331 g/mol. The molecular formula is C23H25NO. The van der Waals surface area contributed by atoms with Gasteiger partial charge >= 0.3 is 0 Å². The Morgan fingerprint density at radius 2 is 1.64 bits per heavy atom. The Morgan fingerprint density at radius 1 is 0.840 bits per heavy atom. The van der Waals surface area contributed by atoms with Gasteiger partial charge in [-0.05, 0) is 42.2 Å². The van der Waals surface area contributed by atoms with Crippen molar-refractivity contribution in [2.24, 2.45) is 5.92 Å². The van der Waals surface area contributed by atoms with E-state index in [1.165, 1.54) is 49.5 Å². The fourth-order valence-electron chi connectivity index (χ4n) is 3.79. The first-order chi connectivity index (χ1) is 12.4. The summed E-state index contributed by atoms with van der Waals surface area (Å²) in [6.07, 6.45) is 8.24. The van der Waals surface area contributed by atoms with Crippen LogP contribution in [0.3, 0.4) is 0 Å². The maximum Gasteiger partial charge on any atom is 0.130 e. The van der Waals surface area contributed by atoms with Gasteiger partial charge in [0.15, 0.2) is 0 Å². The fourth-order valence-corrected chi connectivity index (χ4v) is 3.79. The first-order valence-corrected chi connectivity index (χ1v) is 9.43. The average molecular weight is 331 g/mol. The van der Waals surface area contributed by atoms with E-state index in [9.17, 15) is 0 Å². The Bertz CT molecular complexity index is 819. The van der Waals surface area contributed by atoms with Crippen LogP contribution in [0.4, 0.5) is 0 Å². The Hall–Kier alpha value is -2.35. The van der Waals surface area contributed by atoms with Gasteiger partial charge in [-0.3, -0.25) is 0 Å². The quantitative estimate of drug-likeness (QED) is 0.577. The highest BCUT2D eigenvalue weighted by molar-refractivity contribution is 5.78. The van der Waals surface area contributed by atoms with Gasteiger partial charge in [0.1, 0.15) is 12.4 Å². The summed E-state index contributed by atoms with van der Waals surface area (Å²) in [5.74, 6) is 1.80. The molecule has 128 valence electrons. The Labute approximate surface area is 149 Å². The molecule has 1 aromatic heterocycles. The molecule has 25 heavy (non-hydrogen) atoms. The number of fused-ring (bicyclic) bond motifs is 1. The lowest BCUT2D eigenvalue weighted by Gasteiger charge is -2.21. The van der Waals surface area contributed by atoms with E-state index in [1.54, 1.807) is 0 Å². The van der Waals surface area contributed by atoms with Crippen LogP contribution in [0, 0.1) is 5.92 Å². The second-order valence-electron chi connectivity index (χ2n) is 7.14. The minimum atomic E-state index is 0.507. The van der Waals surface area contributed by atoms with Gasteiger partial charge in [0, 0.05) is 5.39 Å². The van der Waals surface area contributed by atoms with Crippen molar-refractivity contribution in [3.05, 3.63) is 71.9 Å². The van der Waals surface area contributed by atoms with E-state index in [2.05, 4.69) is 41.4 Å². The maximum absolute atomic E-state index is 5.92. The number of aromatic nitrogens is 1. The number of nitrogens with zero attached hydrogens (tertiary/aromatic N) is 1. The summed E-state index contributed by atoms with van der Waals surface area (Å²) in [5.41, 5.74) is 3.42. The molecule has 3 aromatic rings. The van der Waals surface area contributed by atoms with Gasteiger partial charge in [-0.25, -0.2) is 4.98 Å². The summed E-state index contributed by atoms with van der Waals surface area (Å²) in [7, 11) is 0. The average Bonchev–Trinajstić information content (AvgIpc) is 2.68. The molecule has 1 saturated carbocycles. The smallest absolute Gasteiger partial charge is 0.130 e. The largest absolute Gasteiger partial charge is 0.487 e. The van der Waals surface area contributed by atoms with Crippen molar-refractivity contribution in [1.29, 1.82) is 0 Å². The van der Waals surface area contributed by atoms with E-state index in [-0.39, 0.29) is 0 Å². The SMILES string of the molecule is c1ccc2nc(COc3ccc(CC4CCCCC4)cc3)ccc2c1. The Morgan fingerprint density at radius 3 is 2.48 bits per heavy atom. The third-order valence-corrected chi connectivity index (χ3v) is 5.22. The zero-order valence-corrected chi connectivity index (χ0v) is 14.7. The summed E-state index contributed by atoms with van der Waals surface area (Å²) >= 11 is 0. The van der Waals surface area contributed by atoms with Crippen molar-refractivity contribution in [3.8, 4) is 5.75 Å². The van der Waals surface area contributed by atoms with E-state index in [1.807, 2.05) is 24.3 Å². The highest BCUT2D eigenvalue weighted by Gasteiger charge is 2.13. The summed E-state index contributed by atoms with van der Waals surface area (Å²) in [6, 6.07) is 21.0. The molecule has 0 unspecified atom stereocenters. The zero-order chi connectivity index (χ0) is 16.9. The van der Waals surface area contributed by atoms with Crippen LogP contribution in [0.1, 0.15) is 43.4 Å². The topological polar surface area (TPSA) is 22.1 Å². The predicted molar refractivity (Wildman–Crippen MR) is 103 cm³/mol. The van der Waals surface area contributed by atoms with Crippen LogP contribution in [-0.4, -0.2) is 4.98 Å². The van der Waals surface area contributed by atoms with Crippen LogP contribution in [0.5, 0.6) is 5.75 Å². The normalized spacial score (nSPS) is 15.4. The second kappa shape index (κ2) is 7.69. The molecule has 0 amide bonds. The van der Waals surface area contributed by atoms with Gasteiger partial charge in [0.25, 0.3) is 0 Å². The van der Waals surface area contributed by atoms with Crippen molar-refractivity contribution in [1.82, 2.24) is 4.98 Å². The Kier molecular flexibility index (Phi) is 4.96. The summed E-state index contributed by atoms with van der Waals surface area (Å²) in [4.78, 5) is 4.66. The van der Waals surface area contributed by atoms with E-state index < -0.39 is 0 Å². The van der Waals surface area contributed by atoms with Crippen LogP contribution < -0.4 is 4.74 Å². The third-order valence-electron chi connectivity index (χ3n) is 5.22. The number of para-hydroxylation sites is 1.